The summed E-state index contributed by atoms with van der Waals surface area (Å²) in [5, 5.41) is 20.6. The van der Waals surface area contributed by atoms with E-state index in [0.717, 1.165) is 0 Å². The molecule has 14 heteroatoms. The first kappa shape index (κ1) is 31.2. The molecule has 1 fully saturated rings. The zero-order valence-corrected chi connectivity index (χ0v) is 24.7. The van der Waals surface area contributed by atoms with Crippen LogP contribution in [0.3, 0.4) is 0 Å². The number of carbonyl (C=O) groups is 4. The van der Waals surface area contributed by atoms with Crippen LogP contribution >= 0.6 is 11.6 Å². The van der Waals surface area contributed by atoms with Gasteiger partial charge in [0, 0.05) is 47.4 Å². The van der Waals surface area contributed by atoms with E-state index in [2.05, 4.69) is 26.8 Å². The van der Waals surface area contributed by atoms with Gasteiger partial charge >= 0.3 is 5.97 Å². The van der Waals surface area contributed by atoms with Gasteiger partial charge in [-0.15, -0.1) is 5.53 Å². The van der Waals surface area contributed by atoms with E-state index in [1.165, 1.54) is 36.7 Å². The predicted molar refractivity (Wildman–Crippen MR) is 169 cm³/mol. The van der Waals surface area contributed by atoms with Crippen LogP contribution in [0.15, 0.2) is 77.9 Å². The fourth-order valence-corrected chi connectivity index (χ4v) is 4.92. The number of nitrogens with zero attached hydrogens (tertiary/aromatic N) is 3. The van der Waals surface area contributed by atoms with Crippen molar-refractivity contribution in [2.24, 2.45) is 5.10 Å². The lowest BCUT2D eigenvalue weighted by Crippen LogP contribution is -2.44. The first-order valence-corrected chi connectivity index (χ1v) is 14.4. The van der Waals surface area contributed by atoms with E-state index in [4.69, 9.17) is 16.3 Å². The van der Waals surface area contributed by atoms with Crippen LogP contribution in [0.4, 0.5) is 11.4 Å². The van der Waals surface area contributed by atoms with Crippen molar-refractivity contribution in [3.05, 3.63) is 100 Å². The number of hydrogen-bond acceptors (Lipinski definition) is 9. The first-order valence-electron chi connectivity index (χ1n) is 14.0. The summed E-state index contributed by atoms with van der Waals surface area (Å²) in [6.45, 7) is 1.91. The van der Waals surface area contributed by atoms with Crippen LogP contribution in [0.25, 0.3) is 6.08 Å². The number of rotatable bonds is 10. The predicted octanol–water partition coefficient (Wildman–Crippen LogP) is 2.66. The monoisotopic (exact) mass is 631 g/mol. The molecule has 2 aliphatic rings. The molecule has 0 spiro atoms. The summed E-state index contributed by atoms with van der Waals surface area (Å²) in [5.74, 6) is -2.32. The van der Waals surface area contributed by atoms with Crippen LogP contribution in [-0.4, -0.2) is 72.4 Å². The maximum Gasteiger partial charge on any atom is 0.335 e. The third-order valence-electron chi connectivity index (χ3n) is 7.02. The van der Waals surface area contributed by atoms with Gasteiger partial charge in [0.2, 0.25) is 11.8 Å². The van der Waals surface area contributed by atoms with Gasteiger partial charge in [-0.1, -0.05) is 23.7 Å². The molecule has 232 valence electrons. The average Bonchev–Trinajstić information content (AvgIpc) is 3.59. The van der Waals surface area contributed by atoms with Crippen molar-refractivity contribution in [2.45, 2.75) is 12.5 Å². The fourth-order valence-electron chi connectivity index (χ4n) is 4.74. The highest BCUT2D eigenvalue weighted by molar-refractivity contribution is 6.30. The first-order chi connectivity index (χ1) is 21.8. The van der Waals surface area contributed by atoms with Crippen LogP contribution in [0.5, 0.6) is 0 Å². The number of nitrogens with one attached hydrogen (secondary N) is 4. The number of aromatic carboxylic acids is 1. The second-order valence-electron chi connectivity index (χ2n) is 10.1. The summed E-state index contributed by atoms with van der Waals surface area (Å²) in [6, 6.07) is 16.7. The molecule has 5 N–H and O–H groups in total. The number of benzene rings is 3. The second-order valence-corrected chi connectivity index (χ2v) is 10.6. The topological polar surface area (TPSA) is 165 Å². The Balaban J connectivity index is 1.35. The number of carboxylic acid groups (broad SMARTS) is 1. The minimum atomic E-state index is -1.09. The van der Waals surface area contributed by atoms with Gasteiger partial charge < -0.3 is 25.4 Å². The standard InChI is InChI=1S/C31H30ClN7O6/c32-24-7-10-27(39-19-33-36-37-39)22(18-24)6-11-28(40)35-26(29(41)34-25-8-4-21(5-9-25)31(43)44)17-20-2-1-3-23(16-20)30(42)38-12-14-45-15-13-38/h1-11,16,18-19,26,36-37H,12-15,17H2,(H,34,41)(H,35,40)(H,43,44)/b11-6+. The van der Waals surface area contributed by atoms with Crippen LogP contribution in [-0.2, 0) is 20.7 Å². The third kappa shape index (κ3) is 8.23. The maximum absolute atomic E-state index is 13.5. The van der Waals surface area contributed by atoms with Crippen molar-refractivity contribution in [1.29, 1.82) is 0 Å². The molecule has 0 bridgehead atoms. The highest BCUT2D eigenvalue weighted by Crippen LogP contribution is 2.25. The molecule has 13 nitrogen and oxygen atoms in total. The largest absolute Gasteiger partial charge is 0.478 e. The molecule has 0 saturated carbocycles. The number of amides is 3. The minimum absolute atomic E-state index is 0.0660. The molecule has 45 heavy (non-hydrogen) atoms. The number of carboxylic acids is 1. The van der Waals surface area contributed by atoms with Crippen LogP contribution in [0, 0.1) is 0 Å². The van der Waals surface area contributed by atoms with Crippen molar-refractivity contribution in [3.63, 3.8) is 0 Å². The van der Waals surface area contributed by atoms with Crippen LogP contribution in [0.2, 0.25) is 5.02 Å². The van der Waals surface area contributed by atoms with E-state index in [1.54, 1.807) is 58.4 Å². The van der Waals surface area contributed by atoms with E-state index >= 15 is 0 Å². The number of carbonyl (C=O) groups excluding carboxylic acids is 3. The molecule has 3 aromatic carbocycles. The molecule has 2 heterocycles. The highest BCUT2D eigenvalue weighted by atomic mass is 35.5. The number of morpholine rings is 1. The minimum Gasteiger partial charge on any atom is -0.478 e. The Morgan fingerprint density at radius 1 is 1.02 bits per heavy atom. The van der Waals surface area contributed by atoms with Crippen molar-refractivity contribution in [2.75, 3.05) is 36.6 Å². The zero-order chi connectivity index (χ0) is 31.8. The van der Waals surface area contributed by atoms with Gasteiger partial charge in [-0.25, -0.2) is 15.3 Å². The number of ether oxygens (including phenoxy) is 1. The van der Waals surface area contributed by atoms with Crippen molar-refractivity contribution >= 4 is 59.1 Å². The van der Waals surface area contributed by atoms with Crippen molar-refractivity contribution in [1.82, 2.24) is 21.3 Å². The number of hydrazone groups is 1. The highest BCUT2D eigenvalue weighted by Gasteiger charge is 2.23. The van der Waals surface area contributed by atoms with Crippen molar-refractivity contribution < 1.29 is 29.0 Å². The van der Waals surface area contributed by atoms with E-state index in [9.17, 15) is 24.3 Å². The molecular weight excluding hydrogens is 602 g/mol. The molecule has 0 aromatic heterocycles. The van der Waals surface area contributed by atoms with Crippen LogP contribution < -0.4 is 26.7 Å². The fraction of sp³-hybridized carbons (Fsp3) is 0.194. The number of hydrogen-bond donors (Lipinski definition) is 5. The Labute approximate surface area is 263 Å². The molecule has 1 unspecified atom stereocenters. The normalized spacial score (nSPS) is 15.0. The smallest absolute Gasteiger partial charge is 0.335 e. The molecule has 1 saturated heterocycles. The van der Waals surface area contributed by atoms with E-state index in [1.807, 2.05) is 0 Å². The SMILES string of the molecule is O=C(/C=C/c1cc(Cl)ccc1N1C=NNN1)NC(Cc1cccc(C(=O)N2CCOCC2)c1)C(=O)Nc1ccc(C(=O)O)cc1. The number of halogens is 1. The summed E-state index contributed by atoms with van der Waals surface area (Å²) in [7, 11) is 0. The average molecular weight is 632 g/mol. The van der Waals surface area contributed by atoms with Gasteiger partial charge in [-0.2, -0.15) is 5.10 Å². The van der Waals surface area contributed by atoms with Gasteiger partial charge in [-0.3, -0.25) is 14.4 Å². The molecule has 3 aromatic rings. The van der Waals surface area contributed by atoms with Gasteiger partial charge in [0.05, 0.1) is 24.5 Å². The van der Waals surface area contributed by atoms with Gasteiger partial charge in [-0.05, 0) is 66.2 Å². The van der Waals surface area contributed by atoms with Gasteiger partial charge in [0.15, 0.2) is 0 Å². The Kier molecular flexibility index (Phi) is 10.0. The van der Waals surface area contributed by atoms with Gasteiger partial charge in [0.25, 0.3) is 5.91 Å². The molecule has 2 aliphatic heterocycles. The quantitative estimate of drug-likeness (QED) is 0.212. The summed E-state index contributed by atoms with van der Waals surface area (Å²) >= 11 is 6.20. The van der Waals surface area contributed by atoms with E-state index in [0.29, 0.717) is 59.4 Å². The Bertz CT molecular complexity index is 1640. The zero-order valence-electron chi connectivity index (χ0n) is 23.9. The number of hydrazine groups is 2. The lowest BCUT2D eigenvalue weighted by atomic mass is 10.0. The Hall–Kier alpha value is -5.24. The van der Waals surface area contributed by atoms with Gasteiger partial charge in [0.1, 0.15) is 12.4 Å². The Morgan fingerprint density at radius 2 is 1.80 bits per heavy atom. The maximum atomic E-state index is 13.5. The van der Waals surface area contributed by atoms with E-state index < -0.39 is 23.8 Å². The van der Waals surface area contributed by atoms with Crippen LogP contribution in [0.1, 0.15) is 31.8 Å². The summed E-state index contributed by atoms with van der Waals surface area (Å²) in [6.07, 6.45) is 4.44. The lowest BCUT2D eigenvalue weighted by molar-refractivity contribution is -0.123. The molecule has 5 rings (SSSR count). The summed E-state index contributed by atoms with van der Waals surface area (Å²) < 4.78 is 5.35. The summed E-state index contributed by atoms with van der Waals surface area (Å²) in [4.78, 5) is 52.7. The van der Waals surface area contributed by atoms with E-state index in [-0.39, 0.29) is 17.9 Å². The molecule has 3 amide bonds. The third-order valence-corrected chi connectivity index (χ3v) is 7.25. The second kappa shape index (κ2) is 14.5. The van der Waals surface area contributed by atoms with Crippen molar-refractivity contribution in [3.8, 4) is 0 Å². The summed E-state index contributed by atoms with van der Waals surface area (Å²) in [5.41, 5.74) is 8.24. The Morgan fingerprint density at radius 3 is 2.51 bits per heavy atom. The molecule has 1 atom stereocenters. The lowest BCUT2D eigenvalue weighted by Gasteiger charge is -2.27. The molecule has 0 aliphatic carbocycles. The molecular formula is C31H30ClN7O6. The number of anilines is 2. The molecule has 0 radical (unpaired) electrons.